The third kappa shape index (κ3) is 3.52. The predicted molar refractivity (Wildman–Crippen MR) is 94.3 cm³/mol. The molecule has 3 aliphatic rings. The molecule has 25 heavy (non-hydrogen) atoms. The van der Waals surface area contributed by atoms with Gasteiger partial charge in [0.2, 0.25) is 0 Å². The molecule has 3 atom stereocenters. The van der Waals surface area contributed by atoms with Gasteiger partial charge in [0.25, 0.3) is 0 Å². The van der Waals surface area contributed by atoms with Gasteiger partial charge in [-0.3, -0.25) is 4.90 Å². The molecule has 0 amide bonds. The molecule has 0 saturated carbocycles. The molecule has 138 valence electrons. The molecule has 1 N–H and O–H groups in total. The highest BCUT2D eigenvalue weighted by atomic mass is 35.5. The van der Waals surface area contributed by atoms with Crippen LogP contribution in [0.15, 0.2) is 35.5 Å². The van der Waals surface area contributed by atoms with Gasteiger partial charge < -0.3 is 14.6 Å². The maximum Gasteiger partial charge on any atom is 0.342 e. The van der Waals surface area contributed by atoms with Crippen LogP contribution in [0.3, 0.4) is 0 Å². The molecule has 3 rings (SSSR count). The van der Waals surface area contributed by atoms with Crippen molar-refractivity contribution in [3.63, 3.8) is 0 Å². The van der Waals surface area contributed by atoms with Crippen LogP contribution in [0, 0.1) is 0 Å². The molecule has 0 aliphatic carbocycles. The summed E-state index contributed by atoms with van der Waals surface area (Å²) in [4.78, 5) is 27.0. The SMILES string of the molecule is C=C1C/C(=C/C)C(=O)O[C@@H]2CCN3CC=C(COC(=O)[C@@]1(C)O)[C@H]23.Cl. The Morgan fingerprint density at radius 2 is 2.16 bits per heavy atom. The van der Waals surface area contributed by atoms with Crippen molar-refractivity contribution in [3.8, 4) is 0 Å². The number of nitrogens with zero attached hydrogens (tertiary/aromatic N) is 1. The van der Waals surface area contributed by atoms with Gasteiger partial charge in [0.15, 0.2) is 5.60 Å². The molecule has 3 aliphatic heterocycles. The maximum absolute atomic E-state index is 12.5. The summed E-state index contributed by atoms with van der Waals surface area (Å²) in [5.74, 6) is -1.16. The first-order valence-electron chi connectivity index (χ1n) is 8.21. The number of hydrogen-bond acceptors (Lipinski definition) is 6. The largest absolute Gasteiger partial charge is 0.459 e. The number of aliphatic hydroxyl groups is 1. The molecule has 7 heteroatoms. The van der Waals surface area contributed by atoms with E-state index in [2.05, 4.69) is 11.5 Å². The van der Waals surface area contributed by atoms with Crippen molar-refractivity contribution in [1.82, 2.24) is 4.90 Å². The van der Waals surface area contributed by atoms with Crippen LogP contribution in [-0.2, 0) is 19.1 Å². The molecule has 0 unspecified atom stereocenters. The second-order valence-corrected chi connectivity index (χ2v) is 6.69. The minimum absolute atomic E-state index is 0. The van der Waals surface area contributed by atoms with E-state index in [1.165, 1.54) is 6.92 Å². The van der Waals surface area contributed by atoms with Crippen molar-refractivity contribution in [2.24, 2.45) is 0 Å². The molecule has 6 nitrogen and oxygen atoms in total. The number of allylic oxidation sites excluding steroid dienone is 1. The van der Waals surface area contributed by atoms with E-state index < -0.39 is 17.5 Å². The Morgan fingerprint density at radius 1 is 1.44 bits per heavy atom. The van der Waals surface area contributed by atoms with Crippen LogP contribution >= 0.6 is 12.4 Å². The normalized spacial score (nSPS) is 35.1. The van der Waals surface area contributed by atoms with E-state index >= 15 is 0 Å². The van der Waals surface area contributed by atoms with Crippen LogP contribution in [0.5, 0.6) is 0 Å². The first-order valence-corrected chi connectivity index (χ1v) is 8.21. The van der Waals surface area contributed by atoms with Gasteiger partial charge >= 0.3 is 11.9 Å². The van der Waals surface area contributed by atoms with Gasteiger partial charge in [0.05, 0.1) is 6.04 Å². The quantitative estimate of drug-likeness (QED) is 0.396. The monoisotopic (exact) mass is 369 g/mol. The van der Waals surface area contributed by atoms with E-state index in [0.29, 0.717) is 5.57 Å². The number of ether oxygens (including phenoxy) is 2. The molecule has 0 radical (unpaired) electrons. The summed E-state index contributed by atoms with van der Waals surface area (Å²) >= 11 is 0. The number of esters is 2. The smallest absolute Gasteiger partial charge is 0.342 e. The van der Waals surface area contributed by atoms with Crippen LogP contribution in [-0.4, -0.2) is 59.4 Å². The topological polar surface area (TPSA) is 76.1 Å². The van der Waals surface area contributed by atoms with Crippen LogP contribution in [0.4, 0.5) is 0 Å². The zero-order valence-corrected chi connectivity index (χ0v) is 15.3. The Labute approximate surface area is 153 Å². The van der Waals surface area contributed by atoms with Crippen molar-refractivity contribution < 1.29 is 24.2 Å². The number of halogens is 1. The van der Waals surface area contributed by atoms with E-state index in [9.17, 15) is 14.7 Å². The predicted octanol–water partition coefficient (Wildman–Crippen LogP) is 1.53. The average Bonchev–Trinajstić information content (AvgIpc) is 3.12. The molecule has 2 saturated heterocycles. The lowest BCUT2D eigenvalue weighted by atomic mass is 9.91. The van der Waals surface area contributed by atoms with E-state index in [-0.39, 0.29) is 43.2 Å². The number of cyclic esters (lactones) is 1. The van der Waals surface area contributed by atoms with Crippen LogP contribution in [0.1, 0.15) is 26.7 Å². The first-order chi connectivity index (χ1) is 11.3. The van der Waals surface area contributed by atoms with Crippen LogP contribution in [0.25, 0.3) is 0 Å². The maximum atomic E-state index is 12.5. The molecular formula is C18H24ClNO5. The summed E-state index contributed by atoms with van der Waals surface area (Å²) in [5, 5.41) is 10.5. The van der Waals surface area contributed by atoms with E-state index in [1.807, 2.05) is 6.08 Å². The van der Waals surface area contributed by atoms with Gasteiger partial charge in [0, 0.05) is 25.1 Å². The molecule has 0 aromatic rings. The number of rotatable bonds is 0. The van der Waals surface area contributed by atoms with Gasteiger partial charge in [-0.1, -0.05) is 18.7 Å². The van der Waals surface area contributed by atoms with Crippen molar-refractivity contribution in [2.75, 3.05) is 19.7 Å². The molecular weight excluding hydrogens is 346 g/mol. The van der Waals surface area contributed by atoms with Crippen molar-refractivity contribution >= 4 is 24.3 Å². The van der Waals surface area contributed by atoms with Crippen molar-refractivity contribution in [2.45, 2.75) is 44.4 Å². The zero-order valence-electron chi connectivity index (χ0n) is 14.5. The van der Waals surface area contributed by atoms with Gasteiger partial charge in [-0.15, -0.1) is 12.4 Å². The number of carbonyl (C=O) groups is 2. The summed E-state index contributed by atoms with van der Waals surface area (Å²) in [6.45, 7) is 8.53. The third-order valence-electron chi connectivity index (χ3n) is 5.14. The van der Waals surface area contributed by atoms with Crippen LogP contribution in [0.2, 0.25) is 0 Å². The zero-order chi connectivity index (χ0) is 17.5. The Bertz CT molecular complexity index is 652. The lowest BCUT2D eigenvalue weighted by Crippen LogP contribution is -2.42. The fourth-order valence-electron chi connectivity index (χ4n) is 3.47. The van der Waals surface area contributed by atoms with Crippen LogP contribution < -0.4 is 0 Å². The summed E-state index contributed by atoms with van der Waals surface area (Å²) in [6, 6.07) is -0.0487. The molecule has 0 spiro atoms. The second kappa shape index (κ2) is 7.32. The first kappa shape index (κ1) is 19.7. The summed E-state index contributed by atoms with van der Waals surface area (Å²) in [5.41, 5.74) is -0.330. The van der Waals surface area contributed by atoms with Gasteiger partial charge in [-0.05, 0) is 31.4 Å². The summed E-state index contributed by atoms with van der Waals surface area (Å²) in [6.07, 6.45) is 4.23. The highest BCUT2D eigenvalue weighted by Gasteiger charge is 2.44. The highest BCUT2D eigenvalue weighted by Crippen LogP contribution is 2.33. The minimum atomic E-state index is -1.85. The van der Waals surface area contributed by atoms with E-state index in [1.54, 1.807) is 13.0 Å². The fraction of sp³-hybridized carbons (Fsp3) is 0.556. The minimum Gasteiger partial charge on any atom is -0.459 e. The number of carbonyl (C=O) groups excluding carboxylic acids is 2. The summed E-state index contributed by atoms with van der Waals surface area (Å²) < 4.78 is 11.1. The summed E-state index contributed by atoms with van der Waals surface area (Å²) in [7, 11) is 0. The molecule has 3 heterocycles. The Balaban J connectivity index is 0.00000225. The standard InChI is InChI=1S/C18H23NO5.ClH/c1-4-12-9-11(2)18(3,22)17(21)23-10-13-5-7-19-8-6-14(15(13)19)24-16(12)20;/h4-5,14-15,22H,2,6-10H2,1,3H3;1H/b12-4-;/t14-,15-,18+;/m1./s1. The second-order valence-electron chi connectivity index (χ2n) is 6.69. The Hall–Kier alpha value is -1.63. The average molecular weight is 370 g/mol. The Morgan fingerprint density at radius 3 is 2.84 bits per heavy atom. The van der Waals surface area contributed by atoms with Crippen molar-refractivity contribution in [1.29, 1.82) is 0 Å². The molecule has 0 aromatic carbocycles. The Kier molecular flexibility index (Phi) is 5.76. The fourth-order valence-corrected chi connectivity index (χ4v) is 3.47. The number of hydrogen-bond donors (Lipinski definition) is 1. The molecule has 0 bridgehead atoms. The van der Waals surface area contributed by atoms with Crippen molar-refractivity contribution in [3.05, 3.63) is 35.5 Å². The highest BCUT2D eigenvalue weighted by molar-refractivity contribution is 5.90. The van der Waals surface area contributed by atoms with E-state index in [0.717, 1.165) is 25.1 Å². The van der Waals surface area contributed by atoms with E-state index in [4.69, 9.17) is 9.47 Å². The third-order valence-corrected chi connectivity index (χ3v) is 5.14. The van der Waals surface area contributed by atoms with Gasteiger partial charge in [-0.25, -0.2) is 9.59 Å². The van der Waals surface area contributed by atoms with Gasteiger partial charge in [0.1, 0.15) is 12.7 Å². The lowest BCUT2D eigenvalue weighted by molar-refractivity contribution is -0.160. The van der Waals surface area contributed by atoms with Gasteiger partial charge in [-0.2, -0.15) is 0 Å². The molecule has 2 fully saturated rings. The molecule has 0 aromatic heterocycles. The lowest BCUT2D eigenvalue weighted by Gasteiger charge is -2.28.